The van der Waals surface area contributed by atoms with E-state index in [1.54, 1.807) is 6.08 Å². The first kappa shape index (κ1) is 20.6. The Hall–Kier alpha value is -1.44. The molecule has 22 heavy (non-hydrogen) atoms. The minimum Gasteiger partial charge on any atom is -0.490 e. The highest BCUT2D eigenvalue weighted by atomic mass is 127. The Bertz CT molecular complexity index is 478. The first-order chi connectivity index (χ1) is 10.2. The molecule has 0 saturated heterocycles. The summed E-state index contributed by atoms with van der Waals surface area (Å²) in [5, 5.41) is 2.94. The van der Waals surface area contributed by atoms with E-state index in [0.29, 0.717) is 32.3 Å². The van der Waals surface area contributed by atoms with Gasteiger partial charge in [-0.1, -0.05) is 12.1 Å². The number of ether oxygens (including phenoxy) is 2. The van der Waals surface area contributed by atoms with Crippen LogP contribution in [0.4, 0.5) is 0 Å². The highest BCUT2D eigenvalue weighted by molar-refractivity contribution is 14.0. The van der Waals surface area contributed by atoms with E-state index in [2.05, 4.69) is 16.9 Å². The topological polar surface area (TPSA) is 68.9 Å². The molecule has 6 heteroatoms. The molecular weight excluding hydrogens is 393 g/mol. The number of nitrogens with zero attached hydrogens (tertiary/aromatic N) is 1. The van der Waals surface area contributed by atoms with Crippen molar-refractivity contribution in [3.63, 3.8) is 0 Å². The van der Waals surface area contributed by atoms with Gasteiger partial charge in [0.25, 0.3) is 0 Å². The molecule has 0 spiro atoms. The van der Waals surface area contributed by atoms with Gasteiger partial charge < -0.3 is 20.5 Å². The second-order valence-electron chi connectivity index (χ2n) is 4.33. The largest absolute Gasteiger partial charge is 0.490 e. The van der Waals surface area contributed by atoms with Crippen LogP contribution in [0, 0.1) is 0 Å². The van der Waals surface area contributed by atoms with Gasteiger partial charge in [0.1, 0.15) is 0 Å². The summed E-state index contributed by atoms with van der Waals surface area (Å²) in [6.45, 7) is 9.99. The van der Waals surface area contributed by atoms with Crippen LogP contribution in [-0.4, -0.2) is 32.3 Å². The summed E-state index contributed by atoms with van der Waals surface area (Å²) < 4.78 is 11.1. The minimum atomic E-state index is 0. The average Bonchev–Trinajstić information content (AvgIpc) is 2.48. The van der Waals surface area contributed by atoms with E-state index >= 15 is 0 Å². The number of nitrogens with two attached hydrogens (primary N) is 1. The summed E-state index contributed by atoms with van der Waals surface area (Å²) in [4.78, 5) is 4.25. The minimum absolute atomic E-state index is 0. The van der Waals surface area contributed by atoms with Crippen LogP contribution in [0.25, 0.3) is 0 Å². The molecule has 1 aromatic rings. The summed E-state index contributed by atoms with van der Waals surface area (Å²) in [5.74, 6) is 1.99. The molecule has 1 aromatic carbocycles. The number of aliphatic imine (C=N–C) groups is 1. The second kappa shape index (κ2) is 12.1. The summed E-state index contributed by atoms with van der Waals surface area (Å²) >= 11 is 0. The molecule has 1 rings (SSSR count). The maximum Gasteiger partial charge on any atom is 0.188 e. The van der Waals surface area contributed by atoms with Gasteiger partial charge in [-0.3, -0.25) is 4.99 Å². The van der Waals surface area contributed by atoms with Gasteiger partial charge in [0.2, 0.25) is 0 Å². The lowest BCUT2D eigenvalue weighted by Crippen LogP contribution is -2.31. The standard InChI is InChI=1S/C16H25N3O2.HI/c1-4-10-18-16(17)19-11-9-13-7-8-14(20-5-2)15(12-13)21-6-3;/h4,7-8,12H,1,5-6,9-11H2,2-3H3,(H3,17,18,19);1H. The first-order valence-electron chi connectivity index (χ1n) is 7.24. The van der Waals surface area contributed by atoms with E-state index in [1.165, 1.54) is 0 Å². The number of guanidine groups is 1. The zero-order chi connectivity index (χ0) is 15.5. The van der Waals surface area contributed by atoms with Gasteiger partial charge in [0.05, 0.1) is 13.2 Å². The molecule has 0 aliphatic carbocycles. The van der Waals surface area contributed by atoms with E-state index < -0.39 is 0 Å². The van der Waals surface area contributed by atoms with Crippen LogP contribution in [0.1, 0.15) is 19.4 Å². The molecule has 0 bridgehead atoms. The summed E-state index contributed by atoms with van der Waals surface area (Å²) in [7, 11) is 0. The van der Waals surface area contributed by atoms with Crippen molar-refractivity contribution in [3.8, 4) is 11.5 Å². The van der Waals surface area contributed by atoms with Crippen molar-refractivity contribution in [2.75, 3.05) is 26.3 Å². The zero-order valence-corrected chi connectivity index (χ0v) is 15.6. The molecule has 124 valence electrons. The quantitative estimate of drug-likeness (QED) is 0.280. The molecule has 0 radical (unpaired) electrons. The van der Waals surface area contributed by atoms with Crippen LogP contribution >= 0.6 is 24.0 Å². The Morgan fingerprint density at radius 2 is 1.95 bits per heavy atom. The molecule has 0 heterocycles. The maximum absolute atomic E-state index is 5.71. The number of hydrogen-bond acceptors (Lipinski definition) is 3. The third kappa shape index (κ3) is 7.53. The van der Waals surface area contributed by atoms with Gasteiger partial charge in [0, 0.05) is 13.1 Å². The number of benzene rings is 1. The summed E-state index contributed by atoms with van der Waals surface area (Å²) in [6.07, 6.45) is 2.53. The van der Waals surface area contributed by atoms with E-state index in [9.17, 15) is 0 Å². The predicted molar refractivity (Wildman–Crippen MR) is 103 cm³/mol. The highest BCUT2D eigenvalue weighted by Gasteiger charge is 2.05. The molecule has 0 fully saturated rings. The Morgan fingerprint density at radius 1 is 1.27 bits per heavy atom. The highest BCUT2D eigenvalue weighted by Crippen LogP contribution is 2.28. The molecule has 0 aliphatic heterocycles. The average molecular weight is 419 g/mol. The van der Waals surface area contributed by atoms with E-state index in [1.807, 2.05) is 32.0 Å². The third-order valence-corrected chi connectivity index (χ3v) is 2.72. The maximum atomic E-state index is 5.71. The lowest BCUT2D eigenvalue weighted by Gasteiger charge is -2.12. The summed E-state index contributed by atoms with van der Waals surface area (Å²) in [6, 6.07) is 5.96. The predicted octanol–water partition coefficient (Wildman–Crippen LogP) is 2.73. The van der Waals surface area contributed by atoms with Crippen LogP contribution in [-0.2, 0) is 6.42 Å². The van der Waals surface area contributed by atoms with Crippen LogP contribution in [0.2, 0.25) is 0 Å². The fraction of sp³-hybridized carbons (Fsp3) is 0.438. The lowest BCUT2D eigenvalue weighted by molar-refractivity contribution is 0.287. The zero-order valence-electron chi connectivity index (χ0n) is 13.3. The van der Waals surface area contributed by atoms with Crippen LogP contribution < -0.4 is 20.5 Å². The molecule has 3 N–H and O–H groups in total. The normalized spacial score (nSPS) is 10.5. The molecular formula is C16H26IN3O2. The number of rotatable bonds is 9. The van der Waals surface area contributed by atoms with Crippen molar-refractivity contribution in [1.29, 1.82) is 0 Å². The monoisotopic (exact) mass is 419 g/mol. The van der Waals surface area contributed by atoms with E-state index in [0.717, 1.165) is 23.5 Å². The SMILES string of the molecule is C=CCNC(N)=NCCc1ccc(OCC)c(OCC)c1.I. The second-order valence-corrected chi connectivity index (χ2v) is 4.33. The Kier molecular flexibility index (Phi) is 11.3. The van der Waals surface area contributed by atoms with Crippen LogP contribution in [0.3, 0.4) is 0 Å². The first-order valence-corrected chi connectivity index (χ1v) is 7.24. The third-order valence-electron chi connectivity index (χ3n) is 2.72. The van der Waals surface area contributed by atoms with Gasteiger partial charge >= 0.3 is 0 Å². The molecule has 0 saturated carbocycles. The Labute approximate surface area is 150 Å². The fourth-order valence-corrected chi connectivity index (χ4v) is 1.79. The van der Waals surface area contributed by atoms with Crippen molar-refractivity contribution in [3.05, 3.63) is 36.4 Å². The fourth-order valence-electron chi connectivity index (χ4n) is 1.79. The molecule has 5 nitrogen and oxygen atoms in total. The summed E-state index contributed by atoms with van der Waals surface area (Å²) in [5.41, 5.74) is 6.85. The van der Waals surface area contributed by atoms with Crippen LogP contribution in [0.5, 0.6) is 11.5 Å². The molecule has 0 atom stereocenters. The number of halogens is 1. The van der Waals surface area contributed by atoms with Crippen molar-refractivity contribution in [2.24, 2.45) is 10.7 Å². The number of nitrogens with one attached hydrogen (secondary N) is 1. The van der Waals surface area contributed by atoms with Crippen molar-refractivity contribution < 1.29 is 9.47 Å². The molecule has 0 amide bonds. The van der Waals surface area contributed by atoms with Crippen molar-refractivity contribution >= 4 is 29.9 Å². The molecule has 0 aliphatic rings. The van der Waals surface area contributed by atoms with Gasteiger partial charge in [-0.2, -0.15) is 0 Å². The Balaban J connectivity index is 0.00000441. The number of hydrogen-bond donors (Lipinski definition) is 2. The molecule has 0 aromatic heterocycles. The van der Waals surface area contributed by atoms with Crippen molar-refractivity contribution in [1.82, 2.24) is 5.32 Å². The van der Waals surface area contributed by atoms with Gasteiger partial charge in [-0.15, -0.1) is 30.6 Å². The molecule has 0 unspecified atom stereocenters. The van der Waals surface area contributed by atoms with Gasteiger partial charge in [-0.05, 0) is 38.0 Å². The van der Waals surface area contributed by atoms with E-state index in [4.69, 9.17) is 15.2 Å². The lowest BCUT2D eigenvalue weighted by atomic mass is 10.1. The van der Waals surface area contributed by atoms with Crippen LogP contribution in [0.15, 0.2) is 35.8 Å². The van der Waals surface area contributed by atoms with Crippen molar-refractivity contribution in [2.45, 2.75) is 20.3 Å². The van der Waals surface area contributed by atoms with Gasteiger partial charge in [0.15, 0.2) is 17.5 Å². The smallest absolute Gasteiger partial charge is 0.188 e. The Morgan fingerprint density at radius 3 is 2.59 bits per heavy atom. The van der Waals surface area contributed by atoms with Gasteiger partial charge in [-0.25, -0.2) is 0 Å². The van der Waals surface area contributed by atoms with E-state index in [-0.39, 0.29) is 24.0 Å².